The molecule has 0 aliphatic rings. The molecule has 0 atom stereocenters. The average molecular weight is 353 g/mol. The van der Waals surface area contributed by atoms with Gasteiger partial charge in [0.25, 0.3) is 14.9 Å². The summed E-state index contributed by atoms with van der Waals surface area (Å²) < 4.78 is 40.4. The molecule has 0 radical (unpaired) electrons. The van der Waals surface area contributed by atoms with Crippen molar-refractivity contribution in [2.75, 3.05) is 0 Å². The standard InChI is InChI=1S/C15H10ClFN2O3S/c16-23(20,21)13-7-3-11(4-8-13)15-18-14(19-22-15)9-10-1-5-12(17)6-2-10/h1-8H,9H2. The van der Waals surface area contributed by atoms with Crippen molar-refractivity contribution in [1.82, 2.24) is 10.1 Å². The molecule has 8 heteroatoms. The van der Waals surface area contributed by atoms with Gasteiger partial charge in [-0.05, 0) is 42.0 Å². The highest BCUT2D eigenvalue weighted by Crippen LogP contribution is 2.22. The molecule has 0 N–H and O–H groups in total. The minimum Gasteiger partial charge on any atom is -0.334 e. The van der Waals surface area contributed by atoms with Crippen LogP contribution in [0.15, 0.2) is 57.9 Å². The smallest absolute Gasteiger partial charge is 0.261 e. The maximum atomic E-state index is 12.9. The van der Waals surface area contributed by atoms with E-state index in [1.807, 2.05) is 0 Å². The van der Waals surface area contributed by atoms with Crippen molar-refractivity contribution in [2.45, 2.75) is 11.3 Å². The number of hydrogen-bond donors (Lipinski definition) is 0. The molecule has 0 aliphatic carbocycles. The summed E-state index contributed by atoms with van der Waals surface area (Å²) >= 11 is 0. The molecule has 5 nitrogen and oxygen atoms in total. The molecule has 118 valence electrons. The Kier molecular flexibility index (Phi) is 4.14. The fraction of sp³-hybridized carbons (Fsp3) is 0.0667. The molecule has 0 unspecified atom stereocenters. The summed E-state index contributed by atoms with van der Waals surface area (Å²) in [7, 11) is 1.49. The summed E-state index contributed by atoms with van der Waals surface area (Å²) in [4.78, 5) is 4.23. The average Bonchev–Trinajstić information content (AvgIpc) is 2.97. The maximum absolute atomic E-state index is 12.9. The predicted molar refractivity (Wildman–Crippen MR) is 82.0 cm³/mol. The SMILES string of the molecule is O=S(=O)(Cl)c1ccc(-c2nc(Cc3ccc(F)cc3)no2)cc1. The molecule has 0 saturated carbocycles. The van der Waals surface area contributed by atoms with Crippen LogP contribution in [0, 0.1) is 5.82 Å². The number of nitrogens with zero attached hydrogens (tertiary/aromatic N) is 2. The highest BCUT2D eigenvalue weighted by atomic mass is 35.7. The zero-order valence-electron chi connectivity index (χ0n) is 11.6. The van der Waals surface area contributed by atoms with Crippen molar-refractivity contribution in [1.29, 1.82) is 0 Å². The number of benzene rings is 2. The van der Waals surface area contributed by atoms with Crippen LogP contribution in [0.1, 0.15) is 11.4 Å². The summed E-state index contributed by atoms with van der Waals surface area (Å²) in [5.74, 6) is 0.401. The normalized spacial score (nSPS) is 11.6. The minimum absolute atomic E-state index is 0.00559. The molecule has 0 aliphatic heterocycles. The molecule has 23 heavy (non-hydrogen) atoms. The summed E-state index contributed by atoms with van der Waals surface area (Å²) in [6.07, 6.45) is 0.401. The topological polar surface area (TPSA) is 73.1 Å². The number of hydrogen-bond acceptors (Lipinski definition) is 5. The molecule has 1 aromatic heterocycles. The van der Waals surface area contributed by atoms with Crippen LogP contribution in [0.2, 0.25) is 0 Å². The lowest BCUT2D eigenvalue weighted by Crippen LogP contribution is -1.91. The first-order chi connectivity index (χ1) is 10.9. The number of rotatable bonds is 4. The Hall–Kier alpha value is -2.25. The molecular formula is C15H10ClFN2O3S. The van der Waals surface area contributed by atoms with Crippen molar-refractivity contribution in [3.8, 4) is 11.5 Å². The van der Waals surface area contributed by atoms with Crippen molar-refractivity contribution >= 4 is 19.7 Å². The van der Waals surface area contributed by atoms with E-state index in [4.69, 9.17) is 15.2 Å². The Morgan fingerprint density at radius 3 is 2.30 bits per heavy atom. The summed E-state index contributed by atoms with van der Waals surface area (Å²) in [6.45, 7) is 0. The fourth-order valence-electron chi connectivity index (χ4n) is 1.99. The number of halogens is 2. The van der Waals surface area contributed by atoms with E-state index in [1.165, 1.54) is 36.4 Å². The van der Waals surface area contributed by atoms with E-state index in [1.54, 1.807) is 12.1 Å². The predicted octanol–water partition coefficient (Wildman–Crippen LogP) is 3.39. The lowest BCUT2D eigenvalue weighted by Gasteiger charge is -1.97. The van der Waals surface area contributed by atoms with Crippen LogP contribution in [0.3, 0.4) is 0 Å². The van der Waals surface area contributed by atoms with E-state index in [0.717, 1.165) is 5.56 Å². The van der Waals surface area contributed by atoms with Gasteiger partial charge in [0.15, 0.2) is 5.82 Å². The Bertz CT molecular complexity index is 922. The lowest BCUT2D eigenvalue weighted by atomic mass is 10.1. The molecule has 0 amide bonds. The van der Waals surface area contributed by atoms with Crippen LogP contribution in [0.5, 0.6) is 0 Å². The van der Waals surface area contributed by atoms with Crippen LogP contribution in [0.4, 0.5) is 4.39 Å². The molecule has 3 rings (SSSR count). The molecular weight excluding hydrogens is 343 g/mol. The Morgan fingerprint density at radius 2 is 1.70 bits per heavy atom. The third kappa shape index (κ3) is 3.75. The summed E-state index contributed by atoms with van der Waals surface area (Å²) in [5.41, 5.74) is 1.43. The van der Waals surface area contributed by atoms with Gasteiger partial charge in [0.2, 0.25) is 0 Å². The van der Waals surface area contributed by atoms with Gasteiger partial charge in [-0.15, -0.1) is 0 Å². The first kappa shape index (κ1) is 15.6. The van der Waals surface area contributed by atoms with E-state index in [2.05, 4.69) is 10.1 Å². The highest BCUT2D eigenvalue weighted by molar-refractivity contribution is 8.13. The highest BCUT2D eigenvalue weighted by Gasteiger charge is 2.13. The van der Waals surface area contributed by atoms with Gasteiger partial charge in [-0.25, -0.2) is 12.8 Å². The molecule has 2 aromatic carbocycles. The Balaban J connectivity index is 1.80. The van der Waals surface area contributed by atoms with Crippen molar-refractivity contribution < 1.29 is 17.3 Å². The quantitative estimate of drug-likeness (QED) is 0.673. The third-order valence-electron chi connectivity index (χ3n) is 3.13. The maximum Gasteiger partial charge on any atom is 0.261 e. The van der Waals surface area contributed by atoms with Gasteiger partial charge >= 0.3 is 0 Å². The summed E-state index contributed by atoms with van der Waals surface area (Å²) in [5, 5.41) is 3.86. The van der Waals surface area contributed by atoms with E-state index in [-0.39, 0.29) is 16.6 Å². The second-order valence-corrected chi connectivity index (χ2v) is 7.35. The van der Waals surface area contributed by atoms with Crippen LogP contribution in [-0.4, -0.2) is 18.6 Å². The van der Waals surface area contributed by atoms with Crippen molar-refractivity contribution in [3.63, 3.8) is 0 Å². The van der Waals surface area contributed by atoms with Gasteiger partial charge in [0.05, 0.1) is 4.90 Å². The van der Waals surface area contributed by atoms with Crippen LogP contribution in [0.25, 0.3) is 11.5 Å². The second-order valence-electron chi connectivity index (χ2n) is 4.78. The fourth-order valence-corrected chi connectivity index (χ4v) is 2.76. The lowest BCUT2D eigenvalue weighted by molar-refractivity contribution is 0.424. The Morgan fingerprint density at radius 1 is 1.04 bits per heavy atom. The zero-order valence-corrected chi connectivity index (χ0v) is 13.2. The first-order valence-electron chi connectivity index (χ1n) is 6.54. The Labute approximate surface area is 136 Å². The summed E-state index contributed by atoms with van der Waals surface area (Å²) in [6, 6.07) is 11.8. The molecule has 0 bridgehead atoms. The first-order valence-corrected chi connectivity index (χ1v) is 8.85. The third-order valence-corrected chi connectivity index (χ3v) is 4.50. The molecule has 0 fully saturated rings. The van der Waals surface area contributed by atoms with Crippen molar-refractivity contribution in [3.05, 3.63) is 65.7 Å². The van der Waals surface area contributed by atoms with Crippen LogP contribution < -0.4 is 0 Å². The number of aromatic nitrogens is 2. The van der Waals surface area contributed by atoms with Crippen LogP contribution in [-0.2, 0) is 15.5 Å². The minimum atomic E-state index is -3.77. The monoisotopic (exact) mass is 352 g/mol. The van der Waals surface area contributed by atoms with E-state index >= 15 is 0 Å². The zero-order chi connectivity index (χ0) is 16.4. The van der Waals surface area contributed by atoms with Gasteiger partial charge in [0.1, 0.15) is 5.82 Å². The van der Waals surface area contributed by atoms with Gasteiger partial charge in [-0.1, -0.05) is 17.3 Å². The van der Waals surface area contributed by atoms with E-state index in [0.29, 0.717) is 17.8 Å². The van der Waals surface area contributed by atoms with E-state index in [9.17, 15) is 12.8 Å². The molecule has 3 aromatic rings. The van der Waals surface area contributed by atoms with Gasteiger partial charge in [-0.2, -0.15) is 4.98 Å². The van der Waals surface area contributed by atoms with Gasteiger partial charge < -0.3 is 4.52 Å². The molecule has 1 heterocycles. The second kappa shape index (κ2) is 6.10. The molecule has 0 saturated heterocycles. The van der Waals surface area contributed by atoms with Crippen molar-refractivity contribution in [2.24, 2.45) is 0 Å². The van der Waals surface area contributed by atoms with E-state index < -0.39 is 9.05 Å². The van der Waals surface area contributed by atoms with Gasteiger partial charge in [-0.3, -0.25) is 0 Å². The van der Waals surface area contributed by atoms with Crippen LogP contribution >= 0.6 is 10.7 Å². The largest absolute Gasteiger partial charge is 0.334 e. The van der Waals surface area contributed by atoms with Gasteiger partial charge in [0, 0.05) is 22.7 Å². The molecule has 0 spiro atoms.